The maximum atomic E-state index is 12.7. The van der Waals surface area contributed by atoms with Crippen LogP contribution in [0.2, 0.25) is 0 Å². The lowest BCUT2D eigenvalue weighted by Crippen LogP contribution is -2.30. The molecule has 1 atom stereocenters. The zero-order valence-corrected chi connectivity index (χ0v) is 35.9. The molecule has 0 aromatic rings. The second kappa shape index (κ2) is 43.8. The summed E-state index contributed by atoms with van der Waals surface area (Å²) in [5.41, 5.74) is 0. The van der Waals surface area contributed by atoms with Gasteiger partial charge in [0.05, 0.1) is 6.42 Å². The molecule has 55 heavy (non-hydrogen) atoms. The minimum atomic E-state index is -0.812. The van der Waals surface area contributed by atoms with Crippen molar-refractivity contribution in [2.24, 2.45) is 0 Å². The molecule has 1 unspecified atom stereocenters. The van der Waals surface area contributed by atoms with Crippen LogP contribution in [0.1, 0.15) is 213 Å². The quantitative estimate of drug-likeness (QED) is 0.0267. The van der Waals surface area contributed by atoms with Crippen LogP contribution in [0.25, 0.3) is 0 Å². The predicted octanol–water partition coefficient (Wildman–Crippen LogP) is 14.5. The Kier molecular flexibility index (Phi) is 41.5. The summed E-state index contributed by atoms with van der Waals surface area (Å²) < 4.78 is 16.6. The number of hydrogen-bond donors (Lipinski definition) is 0. The average molecular weight is 769 g/mol. The van der Waals surface area contributed by atoms with Crippen LogP contribution < -0.4 is 0 Å². The predicted molar refractivity (Wildman–Crippen MR) is 233 cm³/mol. The number of esters is 3. The highest BCUT2D eigenvalue weighted by Gasteiger charge is 2.19. The Balaban J connectivity index is 4.39. The third-order valence-electron chi connectivity index (χ3n) is 9.55. The molecule has 6 nitrogen and oxygen atoms in total. The first-order chi connectivity index (χ1) is 27.0. The molecule has 0 bridgehead atoms. The van der Waals surface area contributed by atoms with Crippen molar-refractivity contribution in [1.29, 1.82) is 0 Å². The van der Waals surface area contributed by atoms with E-state index < -0.39 is 12.1 Å². The molecule has 0 aliphatic carbocycles. The van der Waals surface area contributed by atoms with Crippen LogP contribution in [0, 0.1) is 0 Å². The number of hydrogen-bond acceptors (Lipinski definition) is 6. The summed E-state index contributed by atoms with van der Waals surface area (Å²) in [5, 5.41) is 0. The minimum Gasteiger partial charge on any atom is -0.462 e. The molecular formula is C49H84O6. The van der Waals surface area contributed by atoms with Gasteiger partial charge in [-0.15, -0.1) is 0 Å². The van der Waals surface area contributed by atoms with Crippen LogP contribution in [0.15, 0.2) is 60.8 Å². The van der Waals surface area contributed by atoms with E-state index in [0.29, 0.717) is 12.8 Å². The molecule has 0 radical (unpaired) electrons. The van der Waals surface area contributed by atoms with Crippen molar-refractivity contribution in [2.75, 3.05) is 13.2 Å². The molecule has 0 rings (SSSR count). The molecule has 0 spiro atoms. The molecule has 316 valence electrons. The third-order valence-corrected chi connectivity index (χ3v) is 9.55. The van der Waals surface area contributed by atoms with Gasteiger partial charge in [-0.1, -0.05) is 197 Å². The van der Waals surface area contributed by atoms with Gasteiger partial charge in [0.1, 0.15) is 13.2 Å². The van der Waals surface area contributed by atoms with Crippen LogP contribution in [0.4, 0.5) is 0 Å². The molecule has 0 aliphatic rings. The van der Waals surface area contributed by atoms with E-state index in [9.17, 15) is 14.4 Å². The van der Waals surface area contributed by atoms with Gasteiger partial charge in [0.2, 0.25) is 0 Å². The fourth-order valence-electron chi connectivity index (χ4n) is 6.19. The Morgan fingerprint density at radius 3 is 1.27 bits per heavy atom. The van der Waals surface area contributed by atoms with Crippen LogP contribution in [0.3, 0.4) is 0 Å². The van der Waals surface area contributed by atoms with E-state index in [1.54, 1.807) is 6.08 Å². The van der Waals surface area contributed by atoms with Gasteiger partial charge in [0, 0.05) is 12.8 Å². The lowest BCUT2D eigenvalue weighted by atomic mass is 10.0. The number of allylic oxidation sites excluding steroid dienone is 9. The van der Waals surface area contributed by atoms with Crippen molar-refractivity contribution in [1.82, 2.24) is 0 Å². The lowest BCUT2D eigenvalue weighted by molar-refractivity contribution is -0.166. The third kappa shape index (κ3) is 42.1. The smallest absolute Gasteiger partial charge is 0.309 e. The highest BCUT2D eigenvalue weighted by atomic mass is 16.6. The molecule has 0 heterocycles. The van der Waals surface area contributed by atoms with Gasteiger partial charge < -0.3 is 14.2 Å². The fraction of sp³-hybridized carbons (Fsp3) is 0.735. The zero-order valence-electron chi connectivity index (χ0n) is 35.9. The van der Waals surface area contributed by atoms with E-state index in [2.05, 4.69) is 69.4 Å². The van der Waals surface area contributed by atoms with Crippen LogP contribution in [-0.2, 0) is 28.6 Å². The second-order valence-electron chi connectivity index (χ2n) is 14.9. The van der Waals surface area contributed by atoms with E-state index in [1.165, 1.54) is 83.5 Å². The zero-order chi connectivity index (χ0) is 40.1. The number of rotatable bonds is 40. The largest absolute Gasteiger partial charge is 0.462 e. The number of unbranched alkanes of at least 4 members (excludes halogenated alkanes) is 20. The van der Waals surface area contributed by atoms with Gasteiger partial charge in [-0.3, -0.25) is 14.4 Å². The molecular weight excluding hydrogens is 685 g/mol. The summed E-state index contributed by atoms with van der Waals surface area (Å²) in [6.07, 6.45) is 52.4. The fourth-order valence-corrected chi connectivity index (χ4v) is 6.19. The molecule has 0 saturated heterocycles. The van der Waals surface area contributed by atoms with Crippen LogP contribution in [-0.4, -0.2) is 37.2 Å². The summed E-state index contributed by atoms with van der Waals surface area (Å²) in [7, 11) is 0. The Hall–Kier alpha value is -2.89. The van der Waals surface area contributed by atoms with Crippen molar-refractivity contribution >= 4 is 17.9 Å². The van der Waals surface area contributed by atoms with E-state index >= 15 is 0 Å². The van der Waals surface area contributed by atoms with Gasteiger partial charge in [-0.2, -0.15) is 0 Å². The van der Waals surface area contributed by atoms with Crippen molar-refractivity contribution in [3.8, 4) is 0 Å². The molecule has 0 aromatic carbocycles. The Morgan fingerprint density at radius 1 is 0.400 bits per heavy atom. The van der Waals surface area contributed by atoms with Crippen molar-refractivity contribution in [3.63, 3.8) is 0 Å². The van der Waals surface area contributed by atoms with Crippen molar-refractivity contribution in [2.45, 2.75) is 219 Å². The summed E-state index contributed by atoms with van der Waals surface area (Å²) in [4.78, 5) is 37.6. The Morgan fingerprint density at radius 2 is 0.782 bits per heavy atom. The van der Waals surface area contributed by atoms with Gasteiger partial charge in [0.15, 0.2) is 6.10 Å². The Labute approximate surface area is 339 Å². The molecule has 6 heteroatoms. The van der Waals surface area contributed by atoms with E-state index in [-0.39, 0.29) is 31.6 Å². The summed E-state index contributed by atoms with van der Waals surface area (Å²) in [6, 6.07) is 0. The van der Waals surface area contributed by atoms with Gasteiger partial charge >= 0.3 is 17.9 Å². The monoisotopic (exact) mass is 769 g/mol. The number of carbonyl (C=O) groups is 3. The van der Waals surface area contributed by atoms with Crippen molar-refractivity contribution in [3.05, 3.63) is 60.8 Å². The second-order valence-corrected chi connectivity index (χ2v) is 14.9. The number of carbonyl (C=O) groups excluding carboxylic acids is 3. The summed E-state index contributed by atoms with van der Waals surface area (Å²) in [6.45, 7) is 6.29. The topological polar surface area (TPSA) is 78.9 Å². The average Bonchev–Trinajstić information content (AvgIpc) is 3.18. The van der Waals surface area contributed by atoms with E-state index in [0.717, 1.165) is 89.9 Å². The molecule has 0 aromatic heterocycles. The molecule has 0 amide bonds. The molecule has 0 N–H and O–H groups in total. The Bertz CT molecular complexity index is 1020. The number of ether oxygens (including phenoxy) is 3. The van der Waals surface area contributed by atoms with E-state index in [1.807, 2.05) is 6.08 Å². The SMILES string of the molecule is CC/C=C\C/C=C\C/C=C\CC(=O)OCC(COC(=O)CCCCCCCCCCCCCCCCCC)OC(=O)CCCCCCC/C=C\C/C=C\CC. The van der Waals surface area contributed by atoms with Crippen molar-refractivity contribution < 1.29 is 28.6 Å². The highest BCUT2D eigenvalue weighted by molar-refractivity contribution is 5.72. The molecule has 0 fully saturated rings. The normalized spacial score (nSPS) is 12.6. The minimum absolute atomic E-state index is 0.106. The first-order valence-corrected chi connectivity index (χ1v) is 22.8. The first-order valence-electron chi connectivity index (χ1n) is 22.8. The van der Waals surface area contributed by atoms with Crippen LogP contribution >= 0.6 is 0 Å². The molecule has 0 saturated carbocycles. The highest BCUT2D eigenvalue weighted by Crippen LogP contribution is 2.15. The standard InChI is InChI=1S/C49H84O6/c1-4-7-10-13-16-19-21-23-24-25-26-28-30-33-36-39-42-48(51)54-45-46(44-53-47(50)41-38-35-32-29-18-15-12-9-6-3)55-49(52)43-40-37-34-31-27-22-20-17-14-11-8-5-2/h8-9,11-12,17-18,20,29,35,38,46H,4-7,10,13-16,19,21-28,30-34,36-37,39-45H2,1-3H3/b11-8-,12-9-,20-17-,29-18-,38-35-. The van der Waals surface area contributed by atoms with E-state index in [4.69, 9.17) is 14.2 Å². The lowest BCUT2D eigenvalue weighted by Gasteiger charge is -2.18. The summed E-state index contributed by atoms with van der Waals surface area (Å²) >= 11 is 0. The maximum absolute atomic E-state index is 12.7. The molecule has 0 aliphatic heterocycles. The van der Waals surface area contributed by atoms with Gasteiger partial charge in [0.25, 0.3) is 0 Å². The maximum Gasteiger partial charge on any atom is 0.309 e. The summed E-state index contributed by atoms with van der Waals surface area (Å²) in [5.74, 6) is -1.05. The van der Waals surface area contributed by atoms with Crippen LogP contribution in [0.5, 0.6) is 0 Å². The first kappa shape index (κ1) is 52.1. The van der Waals surface area contributed by atoms with Gasteiger partial charge in [-0.05, 0) is 57.8 Å². The van der Waals surface area contributed by atoms with Gasteiger partial charge in [-0.25, -0.2) is 0 Å².